The number of benzene rings is 1. The quantitative estimate of drug-likeness (QED) is 0.262. The number of carbonyl (C=O) groups excluding carboxylic acids is 2. The van der Waals surface area contributed by atoms with Crippen molar-refractivity contribution in [2.24, 2.45) is 0 Å². The Morgan fingerprint density at radius 1 is 1.18 bits per heavy atom. The Morgan fingerprint density at radius 3 is 2.64 bits per heavy atom. The van der Waals surface area contributed by atoms with Gasteiger partial charge in [0.15, 0.2) is 5.76 Å². The molecule has 1 saturated carbocycles. The molecule has 39 heavy (non-hydrogen) atoms. The number of nitrogens with zero attached hydrogens (tertiary/aromatic N) is 2. The highest BCUT2D eigenvalue weighted by Gasteiger charge is 2.43. The monoisotopic (exact) mass is 542 g/mol. The maximum Gasteiger partial charge on any atom is 0.347 e. The summed E-state index contributed by atoms with van der Waals surface area (Å²) in [6.45, 7) is 0.521. The van der Waals surface area contributed by atoms with Gasteiger partial charge < -0.3 is 35.1 Å². The molecule has 0 radical (unpaired) electrons. The normalized spacial score (nSPS) is 20.8. The van der Waals surface area contributed by atoms with Gasteiger partial charge >= 0.3 is 5.69 Å². The van der Waals surface area contributed by atoms with Crippen LogP contribution in [0.2, 0.25) is 0 Å². The van der Waals surface area contributed by atoms with Gasteiger partial charge in [0.05, 0.1) is 36.0 Å². The van der Waals surface area contributed by atoms with Crippen molar-refractivity contribution in [1.82, 2.24) is 20.3 Å². The van der Waals surface area contributed by atoms with E-state index in [9.17, 15) is 29.0 Å². The number of rotatable bonds is 7. The maximum absolute atomic E-state index is 14.1. The van der Waals surface area contributed by atoms with Gasteiger partial charge in [0, 0.05) is 19.2 Å². The number of nitrogens with one attached hydrogen (secondary N) is 4. The van der Waals surface area contributed by atoms with Crippen molar-refractivity contribution in [1.29, 1.82) is 0 Å². The fourth-order valence-electron chi connectivity index (χ4n) is 5.34. The van der Waals surface area contributed by atoms with Gasteiger partial charge in [0.25, 0.3) is 5.91 Å². The average Bonchev–Trinajstić information content (AvgIpc) is 3.57. The number of hydrogen-bond donors (Lipinski definition) is 6. The summed E-state index contributed by atoms with van der Waals surface area (Å²) in [5.74, 6) is -1.61. The highest BCUT2D eigenvalue weighted by molar-refractivity contribution is 5.97. The zero-order valence-corrected chi connectivity index (χ0v) is 21.2. The fourth-order valence-corrected chi connectivity index (χ4v) is 5.34. The van der Waals surface area contributed by atoms with E-state index in [2.05, 4.69) is 21.0 Å². The van der Waals surface area contributed by atoms with Crippen molar-refractivity contribution in [3.8, 4) is 5.88 Å². The van der Waals surface area contributed by atoms with Crippen molar-refractivity contribution in [2.75, 3.05) is 23.4 Å². The van der Waals surface area contributed by atoms with Gasteiger partial charge in [0.2, 0.25) is 11.8 Å². The molecule has 2 atom stereocenters. The smallest absolute Gasteiger partial charge is 0.347 e. The first-order chi connectivity index (χ1) is 18.8. The predicted octanol–water partition coefficient (Wildman–Crippen LogP) is 1.68. The number of aromatic amines is 1. The Hall–Kier alpha value is -4.26. The number of H-pyrrole nitrogens is 1. The summed E-state index contributed by atoms with van der Waals surface area (Å²) in [7, 11) is 0. The van der Waals surface area contributed by atoms with E-state index in [-0.39, 0.29) is 29.8 Å². The number of β-amino-alcohol motifs (C(OH)–C–C–N with tert-alkyl or cyclic N) is 1. The third-order valence-electron chi connectivity index (χ3n) is 7.43. The van der Waals surface area contributed by atoms with Crippen LogP contribution in [0.4, 0.5) is 15.8 Å². The lowest BCUT2D eigenvalue weighted by Gasteiger charge is -2.41. The van der Waals surface area contributed by atoms with Crippen LogP contribution in [0.5, 0.6) is 5.88 Å². The highest BCUT2D eigenvalue weighted by Crippen LogP contribution is 2.32. The number of furan rings is 1. The minimum absolute atomic E-state index is 0.116. The van der Waals surface area contributed by atoms with Gasteiger partial charge in [-0.05, 0) is 43.5 Å². The zero-order valence-electron chi connectivity index (χ0n) is 21.2. The van der Waals surface area contributed by atoms with E-state index in [1.54, 1.807) is 11.0 Å². The number of halogens is 1. The fraction of sp³-hybridized carbons (Fsp3) is 0.423. The number of aromatic nitrogens is 2. The first-order valence-electron chi connectivity index (χ1n) is 12.9. The van der Waals surface area contributed by atoms with Gasteiger partial charge in [-0.1, -0.05) is 19.3 Å². The summed E-state index contributed by atoms with van der Waals surface area (Å²) in [4.78, 5) is 42.4. The molecular formula is C26H31FN6O6. The molecule has 1 aromatic carbocycles. The van der Waals surface area contributed by atoms with Crippen LogP contribution in [0.3, 0.4) is 0 Å². The van der Waals surface area contributed by atoms with Crippen molar-refractivity contribution in [3.05, 3.63) is 64.9 Å². The van der Waals surface area contributed by atoms with Gasteiger partial charge in [-0.2, -0.15) is 4.68 Å². The Balaban J connectivity index is 1.28. The molecular weight excluding hydrogens is 511 g/mol. The van der Waals surface area contributed by atoms with Crippen molar-refractivity contribution >= 4 is 23.2 Å². The summed E-state index contributed by atoms with van der Waals surface area (Å²) < 4.78 is 20.1. The molecule has 3 aromatic rings. The number of carbonyl (C=O) groups is 2. The lowest BCUT2D eigenvalue weighted by atomic mass is 9.80. The van der Waals surface area contributed by atoms with E-state index < -0.39 is 35.1 Å². The molecule has 6 N–H and O–H groups in total. The Labute approximate surface area is 222 Å². The van der Waals surface area contributed by atoms with Crippen molar-refractivity contribution < 1.29 is 28.6 Å². The van der Waals surface area contributed by atoms with Crippen LogP contribution >= 0.6 is 0 Å². The molecule has 2 aromatic heterocycles. The first-order valence-corrected chi connectivity index (χ1v) is 12.9. The molecule has 1 aliphatic carbocycles. The number of imidazole rings is 1. The molecule has 12 nitrogen and oxygen atoms in total. The molecule has 2 amide bonds. The lowest BCUT2D eigenvalue weighted by Crippen LogP contribution is -2.64. The van der Waals surface area contributed by atoms with Crippen LogP contribution in [0.1, 0.15) is 49.1 Å². The molecule has 1 saturated heterocycles. The summed E-state index contributed by atoms with van der Waals surface area (Å²) >= 11 is 0. The number of piperidine rings is 1. The highest BCUT2D eigenvalue weighted by atomic mass is 19.1. The molecule has 2 unspecified atom stereocenters. The second-order valence-corrected chi connectivity index (χ2v) is 10.0. The largest absolute Gasteiger partial charge is 0.492 e. The molecule has 2 aliphatic rings. The summed E-state index contributed by atoms with van der Waals surface area (Å²) in [5, 5.41) is 26.8. The second kappa shape index (κ2) is 10.8. The van der Waals surface area contributed by atoms with Crippen LogP contribution < -0.4 is 26.6 Å². The van der Waals surface area contributed by atoms with Crippen LogP contribution in [0.15, 0.2) is 52.0 Å². The molecule has 0 spiro atoms. The van der Waals surface area contributed by atoms with E-state index in [0.29, 0.717) is 31.5 Å². The second-order valence-electron chi connectivity index (χ2n) is 10.0. The van der Waals surface area contributed by atoms with Crippen molar-refractivity contribution in [3.63, 3.8) is 0 Å². The molecule has 208 valence electrons. The number of amides is 2. The van der Waals surface area contributed by atoms with Crippen LogP contribution in [0, 0.1) is 5.82 Å². The summed E-state index contributed by atoms with van der Waals surface area (Å²) in [5.41, 5.74) is 1.68. The standard InChI is InChI=1S/C26H31FN6O6/c27-16-6-7-19(18(13-16)31-33-22(35)14-28-25(33)38)32-11-8-17(20(34)15-32)29-24(37)26(9-2-1-3-10-26)30-23(36)21-5-4-12-39-21/h4-7,12-14,17,20,31,34-35H,1-3,8-11,15H2,(H,28,38)(H,29,37)(H,30,36). The number of anilines is 2. The summed E-state index contributed by atoms with van der Waals surface area (Å²) in [6.07, 6.45) is 5.41. The predicted molar refractivity (Wildman–Crippen MR) is 139 cm³/mol. The molecule has 1 aliphatic heterocycles. The van der Waals surface area contributed by atoms with E-state index in [0.717, 1.165) is 30.1 Å². The first kappa shape index (κ1) is 26.4. The Bertz CT molecular complexity index is 1380. The lowest BCUT2D eigenvalue weighted by molar-refractivity contribution is -0.130. The van der Waals surface area contributed by atoms with E-state index in [1.807, 2.05) is 0 Å². The molecule has 3 heterocycles. The zero-order chi connectivity index (χ0) is 27.6. The minimum atomic E-state index is -1.10. The topological polar surface area (TPSA) is 165 Å². The minimum Gasteiger partial charge on any atom is -0.492 e. The number of aliphatic hydroxyl groups is 1. The van der Waals surface area contributed by atoms with Crippen molar-refractivity contribution in [2.45, 2.75) is 56.2 Å². The van der Waals surface area contributed by atoms with E-state index in [1.165, 1.54) is 30.5 Å². The Kier molecular flexibility index (Phi) is 7.33. The van der Waals surface area contributed by atoms with Gasteiger partial charge in [-0.3, -0.25) is 15.0 Å². The van der Waals surface area contributed by atoms with Crippen LogP contribution in [-0.4, -0.2) is 62.5 Å². The summed E-state index contributed by atoms with van der Waals surface area (Å²) in [6, 6.07) is 6.53. The van der Waals surface area contributed by atoms with E-state index >= 15 is 0 Å². The molecule has 13 heteroatoms. The van der Waals surface area contributed by atoms with Gasteiger partial charge in [-0.25, -0.2) is 9.18 Å². The number of hydrogen-bond acceptors (Lipinski definition) is 8. The third kappa shape index (κ3) is 5.48. The van der Waals surface area contributed by atoms with Gasteiger partial charge in [-0.15, -0.1) is 0 Å². The SMILES string of the molecule is O=C(NC1(C(=O)NC2CCN(c3ccc(F)cc3Nn3c(O)c[nH]c3=O)CC2O)CCCCC1)c1ccco1. The average molecular weight is 543 g/mol. The van der Waals surface area contributed by atoms with E-state index in [4.69, 9.17) is 4.42 Å². The van der Waals surface area contributed by atoms with Gasteiger partial charge in [0.1, 0.15) is 11.4 Å². The molecule has 5 rings (SSSR count). The van der Waals surface area contributed by atoms with Crippen LogP contribution in [0.25, 0.3) is 0 Å². The molecule has 2 fully saturated rings. The number of aromatic hydroxyl groups is 1. The van der Waals surface area contributed by atoms with Crippen LogP contribution in [-0.2, 0) is 4.79 Å². The Morgan fingerprint density at radius 2 is 1.97 bits per heavy atom. The number of aliphatic hydroxyl groups excluding tert-OH is 1. The maximum atomic E-state index is 14.1. The molecule has 0 bridgehead atoms. The third-order valence-corrected chi connectivity index (χ3v) is 7.43.